The van der Waals surface area contributed by atoms with Crippen molar-refractivity contribution in [3.63, 3.8) is 0 Å². The summed E-state index contributed by atoms with van der Waals surface area (Å²) in [5.74, 6) is -2.60. The molecule has 0 spiro atoms. The lowest BCUT2D eigenvalue weighted by Crippen LogP contribution is -2.26. The fourth-order valence-corrected chi connectivity index (χ4v) is 3.57. The third-order valence-electron chi connectivity index (χ3n) is 5.11. The molecule has 1 aliphatic heterocycles. The maximum Gasteiger partial charge on any atom is 0.266 e. The summed E-state index contributed by atoms with van der Waals surface area (Å²) in [4.78, 5) is 10.5. The standard InChI is InChI=1S/C19H25F3N8O/c1-4-31-13(3)29-9-14(8-24-29)15-16(28-6-5-19(21,22)10-28)17-26-18(25-12(2)7-20)27-30(17)11-23-15/h8-9,11-13H,4-7,10H2,1-3H3,(H,25,27)/t12-,13?/m0/s1. The number of hydrogen-bond donors (Lipinski definition) is 1. The van der Waals surface area contributed by atoms with Gasteiger partial charge in [-0.1, -0.05) is 0 Å². The van der Waals surface area contributed by atoms with Gasteiger partial charge < -0.3 is 15.0 Å². The van der Waals surface area contributed by atoms with Gasteiger partial charge >= 0.3 is 0 Å². The highest BCUT2D eigenvalue weighted by atomic mass is 19.3. The van der Waals surface area contributed by atoms with Gasteiger partial charge in [0.1, 0.15) is 30.6 Å². The molecule has 4 rings (SSSR count). The average Bonchev–Trinajstić information content (AvgIpc) is 3.44. The lowest BCUT2D eigenvalue weighted by atomic mass is 10.2. The largest absolute Gasteiger partial charge is 0.360 e. The predicted octanol–water partition coefficient (Wildman–Crippen LogP) is 3.16. The molecule has 0 saturated carbocycles. The van der Waals surface area contributed by atoms with Gasteiger partial charge in [0.2, 0.25) is 5.95 Å². The molecule has 3 aromatic rings. The van der Waals surface area contributed by atoms with Crippen LogP contribution in [0.1, 0.15) is 33.4 Å². The molecular formula is C19H25F3N8O. The molecule has 9 nitrogen and oxygen atoms in total. The van der Waals surface area contributed by atoms with Gasteiger partial charge in [-0.2, -0.15) is 14.6 Å². The average molecular weight is 438 g/mol. The van der Waals surface area contributed by atoms with Gasteiger partial charge in [0.25, 0.3) is 5.92 Å². The zero-order valence-electron chi connectivity index (χ0n) is 17.6. The Balaban J connectivity index is 1.80. The zero-order valence-corrected chi connectivity index (χ0v) is 17.6. The van der Waals surface area contributed by atoms with Crippen LogP contribution in [-0.2, 0) is 4.74 Å². The maximum absolute atomic E-state index is 14.0. The van der Waals surface area contributed by atoms with E-state index in [1.807, 2.05) is 13.8 Å². The first-order valence-corrected chi connectivity index (χ1v) is 10.2. The predicted molar refractivity (Wildman–Crippen MR) is 109 cm³/mol. The van der Waals surface area contributed by atoms with Crippen molar-refractivity contribution >= 4 is 17.3 Å². The summed E-state index contributed by atoms with van der Waals surface area (Å²) < 4.78 is 49.6. The van der Waals surface area contributed by atoms with Gasteiger partial charge in [0, 0.05) is 31.3 Å². The van der Waals surface area contributed by atoms with E-state index < -0.39 is 25.2 Å². The van der Waals surface area contributed by atoms with Crippen LogP contribution in [0.3, 0.4) is 0 Å². The highest BCUT2D eigenvalue weighted by Gasteiger charge is 2.40. The Morgan fingerprint density at radius 1 is 1.32 bits per heavy atom. The smallest absolute Gasteiger partial charge is 0.266 e. The molecule has 3 aromatic heterocycles. The number of nitrogens with one attached hydrogen (secondary N) is 1. The second kappa shape index (κ2) is 8.33. The second-order valence-corrected chi connectivity index (χ2v) is 7.64. The maximum atomic E-state index is 14.0. The molecule has 0 aliphatic carbocycles. The van der Waals surface area contributed by atoms with Crippen molar-refractivity contribution in [3.8, 4) is 11.3 Å². The molecule has 1 fully saturated rings. The van der Waals surface area contributed by atoms with Gasteiger partial charge in [0.15, 0.2) is 5.65 Å². The number of aromatic nitrogens is 6. The molecule has 12 heteroatoms. The molecule has 1 N–H and O–H groups in total. The number of anilines is 2. The lowest BCUT2D eigenvalue weighted by molar-refractivity contribution is 0.0160. The van der Waals surface area contributed by atoms with E-state index in [9.17, 15) is 13.2 Å². The summed E-state index contributed by atoms with van der Waals surface area (Å²) in [6.07, 6.45) is 4.30. The third kappa shape index (κ3) is 4.29. The van der Waals surface area contributed by atoms with Crippen molar-refractivity contribution in [1.82, 2.24) is 29.4 Å². The lowest BCUT2D eigenvalue weighted by Gasteiger charge is -2.20. The zero-order chi connectivity index (χ0) is 22.2. The number of halogens is 3. The summed E-state index contributed by atoms with van der Waals surface area (Å²) in [6.45, 7) is 5.06. The third-order valence-corrected chi connectivity index (χ3v) is 5.11. The molecule has 0 amide bonds. The minimum absolute atomic E-state index is 0.154. The quantitative estimate of drug-likeness (QED) is 0.578. The van der Waals surface area contributed by atoms with Crippen molar-refractivity contribution in [2.45, 2.75) is 45.4 Å². The molecular weight excluding hydrogens is 413 g/mol. The summed E-state index contributed by atoms with van der Waals surface area (Å²) in [5, 5.41) is 11.5. The van der Waals surface area contributed by atoms with E-state index in [-0.39, 0.29) is 25.1 Å². The molecule has 168 valence electrons. The minimum Gasteiger partial charge on any atom is -0.360 e. The van der Waals surface area contributed by atoms with E-state index in [1.165, 1.54) is 10.8 Å². The summed E-state index contributed by atoms with van der Waals surface area (Å²) in [6, 6.07) is -0.484. The Morgan fingerprint density at radius 2 is 2.13 bits per heavy atom. The van der Waals surface area contributed by atoms with Crippen LogP contribution >= 0.6 is 0 Å². The molecule has 1 aliphatic rings. The summed E-state index contributed by atoms with van der Waals surface area (Å²) >= 11 is 0. The van der Waals surface area contributed by atoms with Crippen molar-refractivity contribution in [3.05, 3.63) is 18.7 Å². The molecule has 1 saturated heterocycles. The molecule has 0 bridgehead atoms. The topological polar surface area (TPSA) is 85.4 Å². The molecule has 2 atom stereocenters. The Labute approximate surface area is 177 Å². The number of nitrogens with zero attached hydrogens (tertiary/aromatic N) is 7. The molecule has 0 aromatic carbocycles. The molecule has 31 heavy (non-hydrogen) atoms. The summed E-state index contributed by atoms with van der Waals surface area (Å²) in [7, 11) is 0. The van der Waals surface area contributed by atoms with Crippen LogP contribution < -0.4 is 10.2 Å². The first-order valence-electron chi connectivity index (χ1n) is 10.2. The van der Waals surface area contributed by atoms with Crippen LogP contribution in [0.5, 0.6) is 0 Å². The van der Waals surface area contributed by atoms with Crippen LogP contribution in [-0.4, -0.2) is 67.7 Å². The number of alkyl halides is 3. The van der Waals surface area contributed by atoms with E-state index in [4.69, 9.17) is 4.74 Å². The van der Waals surface area contributed by atoms with Gasteiger partial charge in [-0.05, 0) is 20.8 Å². The van der Waals surface area contributed by atoms with E-state index in [0.717, 1.165) is 0 Å². The van der Waals surface area contributed by atoms with Crippen LogP contribution in [0.15, 0.2) is 18.7 Å². The SMILES string of the molecule is CCOC(C)n1cc(-c2ncn3nc(N[C@@H](C)CF)nc3c2N2CCC(F)(F)C2)cn1. The van der Waals surface area contributed by atoms with Crippen LogP contribution in [0.4, 0.5) is 24.8 Å². The van der Waals surface area contributed by atoms with Crippen molar-refractivity contribution < 1.29 is 17.9 Å². The number of hydrogen-bond acceptors (Lipinski definition) is 7. The Bertz CT molecular complexity index is 1050. The van der Waals surface area contributed by atoms with Crippen LogP contribution in [0.25, 0.3) is 16.9 Å². The normalized spacial score (nSPS) is 17.9. The van der Waals surface area contributed by atoms with E-state index in [1.54, 1.807) is 28.9 Å². The van der Waals surface area contributed by atoms with Crippen LogP contribution in [0.2, 0.25) is 0 Å². The van der Waals surface area contributed by atoms with Crippen LogP contribution in [0, 0.1) is 0 Å². The van der Waals surface area contributed by atoms with Crippen molar-refractivity contribution in [1.29, 1.82) is 0 Å². The number of fused-ring (bicyclic) bond motifs is 1. The monoisotopic (exact) mass is 438 g/mol. The Hall–Kier alpha value is -2.89. The number of rotatable bonds is 8. The Morgan fingerprint density at radius 3 is 2.81 bits per heavy atom. The second-order valence-electron chi connectivity index (χ2n) is 7.64. The fraction of sp³-hybridized carbons (Fsp3) is 0.579. The number of ether oxygens (including phenoxy) is 1. The molecule has 0 radical (unpaired) electrons. The highest BCUT2D eigenvalue weighted by molar-refractivity contribution is 5.85. The summed E-state index contributed by atoms with van der Waals surface area (Å²) in [5.41, 5.74) is 1.92. The van der Waals surface area contributed by atoms with E-state index in [0.29, 0.717) is 29.2 Å². The van der Waals surface area contributed by atoms with E-state index in [2.05, 4.69) is 25.5 Å². The molecule has 1 unspecified atom stereocenters. The first kappa shape index (κ1) is 21.3. The van der Waals surface area contributed by atoms with Crippen molar-refractivity contribution in [2.24, 2.45) is 0 Å². The van der Waals surface area contributed by atoms with Gasteiger partial charge in [-0.25, -0.2) is 22.8 Å². The Kier molecular flexibility index (Phi) is 5.73. The fourth-order valence-electron chi connectivity index (χ4n) is 3.57. The van der Waals surface area contributed by atoms with E-state index >= 15 is 0 Å². The first-order chi connectivity index (χ1) is 14.8. The molecule has 4 heterocycles. The van der Waals surface area contributed by atoms with Gasteiger partial charge in [-0.3, -0.25) is 0 Å². The van der Waals surface area contributed by atoms with Crippen molar-refractivity contribution in [2.75, 3.05) is 36.6 Å². The van der Waals surface area contributed by atoms with Gasteiger partial charge in [0.05, 0.1) is 18.8 Å². The highest BCUT2D eigenvalue weighted by Crippen LogP contribution is 2.38. The minimum atomic E-state index is -2.80. The van der Waals surface area contributed by atoms with Gasteiger partial charge in [-0.15, -0.1) is 5.10 Å².